The van der Waals surface area contributed by atoms with E-state index in [9.17, 15) is 9.59 Å². The van der Waals surface area contributed by atoms with E-state index in [0.717, 1.165) is 17.3 Å². The number of alkyl halides is 1. The first-order valence-electron chi connectivity index (χ1n) is 5.19. The highest BCUT2D eigenvalue weighted by molar-refractivity contribution is 9.09. The van der Waals surface area contributed by atoms with Crippen molar-refractivity contribution in [2.45, 2.75) is 6.42 Å². The fourth-order valence-electron chi connectivity index (χ4n) is 1.57. The Kier molecular flexibility index (Phi) is 3.58. The van der Waals surface area contributed by atoms with Gasteiger partial charge >= 0.3 is 5.69 Å². The number of H-pyrrole nitrogens is 2. The maximum absolute atomic E-state index is 11.6. The van der Waals surface area contributed by atoms with Gasteiger partial charge < -0.3 is 4.98 Å². The zero-order chi connectivity index (χ0) is 12.3. The lowest BCUT2D eigenvalue weighted by molar-refractivity contribution is 1.08. The highest BCUT2D eigenvalue weighted by Gasteiger charge is 2.00. The molecule has 5 heteroatoms. The van der Waals surface area contributed by atoms with E-state index in [1.807, 2.05) is 18.2 Å². The maximum Gasteiger partial charge on any atom is 0.326 e. The SMILES string of the molecule is O=c1[nH]c(=O)c2cc(C=CCCBr)ccc2[nH]1. The van der Waals surface area contributed by atoms with Crippen LogP contribution < -0.4 is 11.2 Å². The molecule has 0 bridgehead atoms. The minimum atomic E-state index is -0.481. The molecule has 0 radical (unpaired) electrons. The zero-order valence-electron chi connectivity index (χ0n) is 9.00. The van der Waals surface area contributed by atoms with Gasteiger partial charge in [0.05, 0.1) is 10.9 Å². The Hall–Kier alpha value is -1.62. The summed E-state index contributed by atoms with van der Waals surface area (Å²) in [5.74, 6) is 0. The molecule has 0 fully saturated rings. The van der Waals surface area contributed by atoms with Crippen molar-refractivity contribution in [3.05, 3.63) is 50.7 Å². The molecule has 88 valence electrons. The van der Waals surface area contributed by atoms with Crippen LogP contribution in [0.5, 0.6) is 0 Å². The van der Waals surface area contributed by atoms with Crippen molar-refractivity contribution in [3.8, 4) is 0 Å². The summed E-state index contributed by atoms with van der Waals surface area (Å²) in [5, 5.41) is 1.40. The average Bonchev–Trinajstić information content (AvgIpc) is 2.30. The van der Waals surface area contributed by atoms with Crippen molar-refractivity contribution in [1.82, 2.24) is 9.97 Å². The first kappa shape index (κ1) is 11.9. The highest BCUT2D eigenvalue weighted by Crippen LogP contribution is 2.10. The number of nitrogens with one attached hydrogen (secondary N) is 2. The van der Waals surface area contributed by atoms with E-state index >= 15 is 0 Å². The quantitative estimate of drug-likeness (QED) is 0.851. The number of hydrogen-bond donors (Lipinski definition) is 2. The van der Waals surface area contributed by atoms with Crippen molar-refractivity contribution < 1.29 is 0 Å². The third kappa shape index (κ3) is 2.74. The van der Waals surface area contributed by atoms with Crippen molar-refractivity contribution >= 4 is 32.9 Å². The van der Waals surface area contributed by atoms with E-state index in [0.29, 0.717) is 10.9 Å². The Bertz CT molecular complexity index is 670. The molecule has 0 aliphatic rings. The summed E-state index contributed by atoms with van der Waals surface area (Å²) < 4.78 is 0. The number of aromatic amines is 2. The lowest BCUT2D eigenvalue weighted by atomic mass is 10.1. The topological polar surface area (TPSA) is 65.7 Å². The van der Waals surface area contributed by atoms with E-state index in [1.54, 1.807) is 12.1 Å². The average molecular weight is 295 g/mol. The molecule has 0 atom stereocenters. The molecule has 0 aliphatic carbocycles. The molecule has 1 heterocycles. The van der Waals surface area contributed by atoms with Crippen molar-refractivity contribution in [3.63, 3.8) is 0 Å². The molecule has 0 aliphatic heterocycles. The van der Waals surface area contributed by atoms with Gasteiger partial charge in [-0.3, -0.25) is 9.78 Å². The molecule has 2 aromatic rings. The Labute approximate surface area is 106 Å². The third-order valence-corrected chi connectivity index (χ3v) is 2.81. The second-order valence-corrected chi connectivity index (χ2v) is 4.39. The van der Waals surface area contributed by atoms with Crippen molar-refractivity contribution in [2.24, 2.45) is 0 Å². The molecular formula is C12H11BrN2O2. The molecule has 0 unspecified atom stereocenters. The van der Waals surface area contributed by atoms with Gasteiger partial charge in [0.15, 0.2) is 0 Å². The van der Waals surface area contributed by atoms with Gasteiger partial charge in [0.2, 0.25) is 0 Å². The Morgan fingerprint density at radius 2 is 2.06 bits per heavy atom. The number of aromatic nitrogens is 2. The summed E-state index contributed by atoms with van der Waals surface area (Å²) in [6.07, 6.45) is 4.90. The van der Waals surface area contributed by atoms with Crippen LogP contribution in [0.4, 0.5) is 0 Å². The molecular weight excluding hydrogens is 284 g/mol. The molecule has 4 nitrogen and oxygen atoms in total. The van der Waals surface area contributed by atoms with E-state index in [1.165, 1.54) is 0 Å². The first-order valence-corrected chi connectivity index (χ1v) is 6.32. The van der Waals surface area contributed by atoms with Gasteiger partial charge in [0.1, 0.15) is 0 Å². The van der Waals surface area contributed by atoms with Gasteiger partial charge in [0, 0.05) is 5.33 Å². The summed E-state index contributed by atoms with van der Waals surface area (Å²) in [4.78, 5) is 27.4. The van der Waals surface area contributed by atoms with Crippen LogP contribution in [-0.2, 0) is 0 Å². The highest BCUT2D eigenvalue weighted by atomic mass is 79.9. The fraction of sp³-hybridized carbons (Fsp3) is 0.167. The van der Waals surface area contributed by atoms with Gasteiger partial charge in [-0.25, -0.2) is 4.79 Å². The van der Waals surface area contributed by atoms with E-state index < -0.39 is 5.69 Å². The number of fused-ring (bicyclic) bond motifs is 1. The third-order valence-electron chi connectivity index (χ3n) is 2.35. The van der Waals surface area contributed by atoms with Crippen molar-refractivity contribution in [2.75, 3.05) is 5.33 Å². The number of rotatable bonds is 3. The Balaban J connectivity index is 2.51. The van der Waals surface area contributed by atoms with Gasteiger partial charge in [-0.05, 0) is 24.1 Å². The molecule has 2 N–H and O–H groups in total. The summed E-state index contributed by atoms with van der Waals surface area (Å²) in [6, 6.07) is 5.36. The van der Waals surface area contributed by atoms with Crippen LogP contribution in [0.3, 0.4) is 0 Å². The Morgan fingerprint density at radius 3 is 2.82 bits per heavy atom. The van der Waals surface area contributed by atoms with E-state index in [4.69, 9.17) is 0 Å². The van der Waals surface area contributed by atoms with Gasteiger partial charge in [-0.15, -0.1) is 0 Å². The summed E-state index contributed by atoms with van der Waals surface area (Å²) in [5.41, 5.74) is 0.650. The largest absolute Gasteiger partial charge is 0.326 e. The number of halogens is 1. The second-order valence-electron chi connectivity index (χ2n) is 3.59. The predicted molar refractivity (Wildman–Crippen MR) is 72.6 cm³/mol. The number of hydrogen-bond acceptors (Lipinski definition) is 2. The molecule has 0 saturated heterocycles. The number of allylic oxidation sites excluding steroid dienone is 1. The van der Waals surface area contributed by atoms with Crippen LogP contribution >= 0.6 is 15.9 Å². The number of benzene rings is 1. The molecule has 1 aromatic carbocycles. The van der Waals surface area contributed by atoms with Crippen LogP contribution in [0, 0.1) is 0 Å². The van der Waals surface area contributed by atoms with Crippen LogP contribution in [0.1, 0.15) is 12.0 Å². The van der Waals surface area contributed by atoms with Crippen LogP contribution in [0.25, 0.3) is 17.0 Å². The molecule has 17 heavy (non-hydrogen) atoms. The minimum absolute atomic E-state index is 0.362. The molecule has 0 spiro atoms. The maximum atomic E-state index is 11.6. The minimum Gasteiger partial charge on any atom is -0.307 e. The van der Waals surface area contributed by atoms with Crippen LogP contribution in [-0.4, -0.2) is 15.3 Å². The summed E-state index contributed by atoms with van der Waals surface area (Å²) in [7, 11) is 0. The van der Waals surface area contributed by atoms with E-state index in [2.05, 4.69) is 25.9 Å². The lowest BCUT2D eigenvalue weighted by Gasteiger charge is -1.98. The molecule has 0 saturated carbocycles. The van der Waals surface area contributed by atoms with Gasteiger partial charge in [0.25, 0.3) is 5.56 Å². The standard InChI is InChI=1S/C12H11BrN2O2/c13-6-2-1-3-8-4-5-10-9(7-8)11(16)15-12(17)14-10/h1,3-5,7H,2,6H2,(H2,14,15,16,17). The zero-order valence-corrected chi connectivity index (χ0v) is 10.6. The van der Waals surface area contributed by atoms with Crippen LogP contribution in [0.2, 0.25) is 0 Å². The summed E-state index contributed by atoms with van der Waals surface area (Å²) >= 11 is 3.34. The second kappa shape index (κ2) is 5.14. The molecule has 0 amide bonds. The lowest BCUT2D eigenvalue weighted by Crippen LogP contribution is -2.21. The van der Waals surface area contributed by atoms with Crippen molar-refractivity contribution in [1.29, 1.82) is 0 Å². The smallest absolute Gasteiger partial charge is 0.307 e. The fourth-order valence-corrected chi connectivity index (χ4v) is 1.83. The van der Waals surface area contributed by atoms with Gasteiger partial charge in [-0.2, -0.15) is 0 Å². The summed E-state index contributed by atoms with van der Waals surface area (Å²) in [6.45, 7) is 0. The molecule has 1 aromatic heterocycles. The van der Waals surface area contributed by atoms with Crippen LogP contribution in [0.15, 0.2) is 33.9 Å². The first-order chi connectivity index (χ1) is 8.20. The van der Waals surface area contributed by atoms with Gasteiger partial charge in [-0.1, -0.05) is 34.1 Å². The predicted octanol–water partition coefficient (Wildman–Crippen LogP) is 2.01. The Morgan fingerprint density at radius 1 is 1.24 bits per heavy atom. The normalized spacial score (nSPS) is 11.4. The van der Waals surface area contributed by atoms with E-state index in [-0.39, 0.29) is 5.56 Å². The molecule has 2 rings (SSSR count). The monoisotopic (exact) mass is 294 g/mol.